The molecule has 154 valence electrons. The van der Waals surface area contributed by atoms with Crippen molar-refractivity contribution in [1.29, 1.82) is 0 Å². The van der Waals surface area contributed by atoms with Crippen LogP contribution in [0.1, 0.15) is 18.4 Å². The second-order valence-corrected chi connectivity index (χ2v) is 8.73. The highest BCUT2D eigenvalue weighted by Gasteiger charge is 2.32. The van der Waals surface area contributed by atoms with Gasteiger partial charge in [-0.2, -0.15) is 4.31 Å². The molecule has 1 saturated heterocycles. The van der Waals surface area contributed by atoms with E-state index in [4.69, 9.17) is 9.47 Å². The number of esters is 1. The summed E-state index contributed by atoms with van der Waals surface area (Å²) in [6, 6.07) is 16.1. The number of hydrogen-bond acceptors (Lipinski definition) is 5. The van der Waals surface area contributed by atoms with Crippen molar-refractivity contribution in [2.24, 2.45) is 5.92 Å². The smallest absolute Gasteiger partial charge is 0.309 e. The number of ether oxygens (including phenoxy) is 2. The van der Waals surface area contributed by atoms with Crippen LogP contribution >= 0.6 is 0 Å². The van der Waals surface area contributed by atoms with Crippen LogP contribution in [0.4, 0.5) is 0 Å². The van der Waals surface area contributed by atoms with Gasteiger partial charge in [0.25, 0.3) is 0 Å². The normalized spacial score (nSPS) is 16.0. The topological polar surface area (TPSA) is 72.9 Å². The van der Waals surface area contributed by atoms with E-state index in [1.54, 1.807) is 18.2 Å². The molecule has 0 aromatic heterocycles. The van der Waals surface area contributed by atoms with Gasteiger partial charge >= 0.3 is 5.97 Å². The number of benzene rings is 2. The van der Waals surface area contributed by atoms with Gasteiger partial charge in [0.05, 0.1) is 17.9 Å². The van der Waals surface area contributed by atoms with Crippen LogP contribution in [0, 0.1) is 5.92 Å². The fourth-order valence-corrected chi connectivity index (χ4v) is 4.69. The molecule has 0 radical (unpaired) electrons. The summed E-state index contributed by atoms with van der Waals surface area (Å²) in [6.45, 7) is 0.806. The van der Waals surface area contributed by atoms with Crippen molar-refractivity contribution >= 4 is 22.1 Å². The second-order valence-electron chi connectivity index (χ2n) is 6.80. The fraction of sp³-hybridized carbons (Fsp3) is 0.318. The quantitative estimate of drug-likeness (QED) is 0.649. The molecule has 2 aromatic rings. The van der Waals surface area contributed by atoms with Crippen LogP contribution in [0.25, 0.3) is 6.08 Å². The van der Waals surface area contributed by atoms with Crippen molar-refractivity contribution < 1.29 is 22.7 Å². The van der Waals surface area contributed by atoms with E-state index in [0.717, 1.165) is 5.56 Å². The summed E-state index contributed by atoms with van der Waals surface area (Å²) < 4.78 is 37.4. The minimum Gasteiger partial charge on any atom is -0.497 e. The van der Waals surface area contributed by atoms with E-state index in [-0.39, 0.29) is 23.4 Å². The zero-order valence-corrected chi connectivity index (χ0v) is 17.2. The van der Waals surface area contributed by atoms with Gasteiger partial charge < -0.3 is 9.47 Å². The maximum atomic E-state index is 12.8. The van der Waals surface area contributed by atoms with Gasteiger partial charge in [0.1, 0.15) is 12.4 Å². The lowest BCUT2D eigenvalue weighted by atomic mass is 9.98. The van der Waals surface area contributed by atoms with Crippen molar-refractivity contribution in [3.8, 4) is 5.75 Å². The summed E-state index contributed by atoms with van der Waals surface area (Å²) in [7, 11) is -2.04. The first-order valence-electron chi connectivity index (χ1n) is 9.53. The predicted molar refractivity (Wildman–Crippen MR) is 111 cm³/mol. The first-order valence-corrected chi connectivity index (χ1v) is 11.0. The van der Waals surface area contributed by atoms with Crippen LogP contribution in [0.3, 0.4) is 0 Å². The maximum Gasteiger partial charge on any atom is 0.309 e. The third-order valence-electron chi connectivity index (χ3n) is 4.92. The molecule has 0 unspecified atom stereocenters. The number of rotatable bonds is 7. The molecule has 0 aliphatic carbocycles. The maximum absolute atomic E-state index is 12.8. The van der Waals surface area contributed by atoms with E-state index in [2.05, 4.69) is 0 Å². The van der Waals surface area contributed by atoms with Crippen LogP contribution in [0.5, 0.6) is 5.75 Å². The average molecular weight is 416 g/mol. The SMILES string of the molecule is COc1ccc(S(=O)(=O)N2CCC(C(=O)OC/C=C\c3ccccc3)CC2)cc1. The first kappa shape index (κ1) is 21.1. The van der Waals surface area contributed by atoms with Gasteiger partial charge in [-0.3, -0.25) is 4.79 Å². The Morgan fingerprint density at radius 1 is 1.07 bits per heavy atom. The van der Waals surface area contributed by atoms with E-state index in [1.807, 2.05) is 36.4 Å². The molecule has 6 nitrogen and oxygen atoms in total. The molecule has 1 heterocycles. The number of methoxy groups -OCH3 is 1. The molecule has 0 N–H and O–H groups in total. The molecule has 1 aliphatic rings. The van der Waals surface area contributed by atoms with Gasteiger partial charge in [-0.25, -0.2) is 8.42 Å². The summed E-state index contributed by atoms with van der Waals surface area (Å²) in [4.78, 5) is 12.5. The Morgan fingerprint density at radius 2 is 1.72 bits per heavy atom. The van der Waals surface area contributed by atoms with E-state index in [1.165, 1.54) is 23.5 Å². The Kier molecular flexibility index (Phi) is 7.06. The molecule has 0 amide bonds. The highest BCUT2D eigenvalue weighted by Crippen LogP contribution is 2.25. The molecule has 0 spiro atoms. The summed E-state index contributed by atoms with van der Waals surface area (Å²) in [6.07, 6.45) is 4.61. The summed E-state index contributed by atoms with van der Waals surface area (Å²) >= 11 is 0. The fourth-order valence-electron chi connectivity index (χ4n) is 3.23. The van der Waals surface area contributed by atoms with Crippen molar-refractivity contribution in [1.82, 2.24) is 4.31 Å². The number of piperidine rings is 1. The minimum atomic E-state index is -3.57. The predicted octanol–water partition coefficient (Wildman–Crippen LogP) is 3.35. The Labute approximate surface area is 171 Å². The van der Waals surface area contributed by atoms with E-state index in [0.29, 0.717) is 31.7 Å². The monoisotopic (exact) mass is 415 g/mol. The van der Waals surface area contributed by atoms with Crippen molar-refractivity contribution in [2.45, 2.75) is 17.7 Å². The lowest BCUT2D eigenvalue weighted by Gasteiger charge is -2.30. The molecule has 0 bridgehead atoms. The van der Waals surface area contributed by atoms with Gasteiger partial charge in [0.15, 0.2) is 0 Å². The molecular weight excluding hydrogens is 390 g/mol. The minimum absolute atomic E-state index is 0.206. The number of nitrogens with zero attached hydrogens (tertiary/aromatic N) is 1. The average Bonchev–Trinajstić information content (AvgIpc) is 2.77. The number of carbonyl (C=O) groups is 1. The standard InChI is InChI=1S/C22H25NO5S/c1-27-20-9-11-21(12-10-20)29(25,26)23-15-13-19(14-16-23)22(24)28-17-5-8-18-6-3-2-4-7-18/h2-12,19H,13-17H2,1H3/b8-5-. The van der Waals surface area contributed by atoms with Gasteiger partial charge in [0, 0.05) is 13.1 Å². The van der Waals surface area contributed by atoms with E-state index >= 15 is 0 Å². The third-order valence-corrected chi connectivity index (χ3v) is 6.83. The van der Waals surface area contributed by atoms with Crippen LogP contribution in [-0.2, 0) is 19.6 Å². The first-order chi connectivity index (χ1) is 14.0. The molecule has 0 atom stereocenters. The Bertz CT molecular complexity index is 931. The third kappa shape index (κ3) is 5.46. The van der Waals surface area contributed by atoms with Crippen molar-refractivity contribution in [3.63, 3.8) is 0 Å². The number of hydrogen-bond donors (Lipinski definition) is 0. The van der Waals surface area contributed by atoms with Crippen LogP contribution < -0.4 is 4.74 Å². The Hall–Kier alpha value is -2.64. The summed E-state index contributed by atoms with van der Waals surface area (Å²) in [5, 5.41) is 0. The van der Waals surface area contributed by atoms with Crippen LogP contribution in [0.15, 0.2) is 65.6 Å². The van der Waals surface area contributed by atoms with E-state index < -0.39 is 10.0 Å². The zero-order chi connectivity index (χ0) is 20.7. The lowest BCUT2D eigenvalue weighted by molar-refractivity contribution is -0.148. The van der Waals surface area contributed by atoms with Crippen LogP contribution in [0.2, 0.25) is 0 Å². The summed E-state index contributed by atoms with van der Waals surface area (Å²) in [5.74, 6) is 0.0540. The molecule has 2 aromatic carbocycles. The number of sulfonamides is 1. The second kappa shape index (κ2) is 9.71. The molecule has 1 aliphatic heterocycles. The Morgan fingerprint density at radius 3 is 2.34 bits per heavy atom. The highest BCUT2D eigenvalue weighted by atomic mass is 32.2. The highest BCUT2D eigenvalue weighted by molar-refractivity contribution is 7.89. The molecular formula is C22H25NO5S. The summed E-state index contributed by atoms with van der Waals surface area (Å²) in [5.41, 5.74) is 1.04. The Balaban J connectivity index is 1.49. The molecule has 3 rings (SSSR count). The zero-order valence-electron chi connectivity index (χ0n) is 16.4. The number of carbonyl (C=O) groups excluding carboxylic acids is 1. The molecule has 29 heavy (non-hydrogen) atoms. The van der Waals surface area contributed by atoms with Crippen LogP contribution in [-0.4, -0.2) is 45.5 Å². The van der Waals surface area contributed by atoms with Gasteiger partial charge in [0.2, 0.25) is 10.0 Å². The van der Waals surface area contributed by atoms with E-state index in [9.17, 15) is 13.2 Å². The van der Waals surface area contributed by atoms with Crippen molar-refractivity contribution in [3.05, 3.63) is 66.2 Å². The lowest BCUT2D eigenvalue weighted by Crippen LogP contribution is -2.40. The van der Waals surface area contributed by atoms with Gasteiger partial charge in [-0.1, -0.05) is 36.4 Å². The van der Waals surface area contributed by atoms with Crippen molar-refractivity contribution in [2.75, 3.05) is 26.8 Å². The van der Waals surface area contributed by atoms with Gasteiger partial charge in [-0.05, 0) is 48.7 Å². The van der Waals surface area contributed by atoms with Gasteiger partial charge in [-0.15, -0.1) is 0 Å². The largest absolute Gasteiger partial charge is 0.497 e. The molecule has 1 fully saturated rings. The molecule has 7 heteroatoms. The molecule has 0 saturated carbocycles.